The fourth-order valence-electron chi connectivity index (χ4n) is 3.23. The first-order valence-corrected chi connectivity index (χ1v) is 8.39. The van der Waals surface area contributed by atoms with E-state index in [4.69, 9.17) is 15.6 Å². The third-order valence-corrected chi connectivity index (χ3v) is 4.86. The zero-order valence-corrected chi connectivity index (χ0v) is 14.4. The number of nitrogens with one attached hydrogen (secondary N) is 1. The molecule has 1 aromatic rings. The van der Waals surface area contributed by atoms with Gasteiger partial charge >= 0.3 is 5.97 Å². The summed E-state index contributed by atoms with van der Waals surface area (Å²) in [7, 11) is 0. The van der Waals surface area contributed by atoms with Crippen molar-refractivity contribution in [2.75, 3.05) is 6.61 Å². The number of hydrogen-bond donors (Lipinski definition) is 1. The van der Waals surface area contributed by atoms with Gasteiger partial charge in [-0.1, -0.05) is 51.0 Å². The van der Waals surface area contributed by atoms with Crippen LogP contribution in [0.1, 0.15) is 62.8 Å². The first kappa shape index (κ1) is 18.0. The van der Waals surface area contributed by atoms with Gasteiger partial charge in [-0.15, -0.1) is 6.04 Å². The highest BCUT2D eigenvalue weighted by Crippen LogP contribution is 2.38. The lowest BCUT2D eigenvalue weighted by atomic mass is 9.74. The number of hydrogen-bond acceptors (Lipinski definition) is 2. The quantitative estimate of drug-likeness (QED) is 0.821. The molecule has 1 unspecified atom stereocenters. The van der Waals surface area contributed by atoms with Crippen molar-refractivity contribution < 1.29 is 14.6 Å². The second-order valence-electron chi connectivity index (χ2n) is 7.61. The third-order valence-electron chi connectivity index (χ3n) is 4.86. The van der Waals surface area contributed by atoms with Crippen LogP contribution in [0, 0.1) is 11.3 Å². The Kier molecular flexibility index (Phi) is 5.82. The van der Waals surface area contributed by atoms with E-state index >= 15 is 0 Å². The van der Waals surface area contributed by atoms with Crippen molar-refractivity contribution in [1.29, 1.82) is 0 Å². The maximum absolute atomic E-state index is 10.9. The van der Waals surface area contributed by atoms with E-state index < -0.39 is 5.97 Å². The Morgan fingerprint density at radius 3 is 2.74 bits per heavy atom. The smallest absolute Gasteiger partial charge is 0.303 e. The monoisotopic (exact) mass is 318 g/mol. The fourth-order valence-corrected chi connectivity index (χ4v) is 3.23. The molecule has 2 atom stereocenters. The zero-order valence-electron chi connectivity index (χ0n) is 14.4. The van der Waals surface area contributed by atoms with Crippen LogP contribution in [0.5, 0.6) is 0 Å². The Morgan fingerprint density at radius 1 is 1.35 bits per heavy atom. The number of carbonyl (C=O) groups is 1. The van der Waals surface area contributed by atoms with Crippen LogP contribution in [-0.4, -0.2) is 17.7 Å². The van der Waals surface area contributed by atoms with Crippen LogP contribution in [0.25, 0.3) is 5.73 Å². The first-order chi connectivity index (χ1) is 10.8. The first-order valence-electron chi connectivity index (χ1n) is 8.39. The molecule has 1 aliphatic heterocycles. The largest absolute Gasteiger partial charge is 0.671 e. The van der Waals surface area contributed by atoms with Crippen molar-refractivity contribution in [2.45, 2.75) is 59.1 Å². The van der Waals surface area contributed by atoms with Crippen molar-refractivity contribution in [3.8, 4) is 0 Å². The topological polar surface area (TPSA) is 70.3 Å². The SMILES string of the molecule is CC(C)(C)C(CCC(=O)O)C[C@@H]([NH-])c1ccc2c(c1)COCC2. The molecule has 128 valence electrons. The number of carboxylic acids is 1. The Labute approximate surface area is 139 Å². The molecule has 0 saturated heterocycles. The molecule has 0 saturated carbocycles. The third kappa shape index (κ3) is 5.05. The van der Waals surface area contributed by atoms with Gasteiger partial charge in [0.1, 0.15) is 0 Å². The van der Waals surface area contributed by atoms with E-state index in [1.165, 1.54) is 11.1 Å². The molecular formula is C19H28NO3-. The minimum Gasteiger partial charge on any atom is -0.671 e. The number of benzene rings is 1. The highest BCUT2D eigenvalue weighted by molar-refractivity contribution is 5.66. The number of rotatable bonds is 6. The average Bonchev–Trinajstić information content (AvgIpc) is 2.49. The zero-order chi connectivity index (χ0) is 17.0. The van der Waals surface area contributed by atoms with Crippen molar-refractivity contribution in [3.05, 3.63) is 40.6 Å². The lowest BCUT2D eigenvalue weighted by Gasteiger charge is -2.36. The molecule has 1 heterocycles. The van der Waals surface area contributed by atoms with Crippen molar-refractivity contribution in [1.82, 2.24) is 0 Å². The number of ether oxygens (including phenoxy) is 1. The molecule has 1 aliphatic rings. The summed E-state index contributed by atoms with van der Waals surface area (Å²) in [6.07, 6.45) is 2.44. The summed E-state index contributed by atoms with van der Waals surface area (Å²) in [4.78, 5) is 10.9. The molecule has 1 aromatic carbocycles. The Bertz CT molecular complexity index is 548. The summed E-state index contributed by atoms with van der Waals surface area (Å²) < 4.78 is 5.50. The lowest BCUT2D eigenvalue weighted by molar-refractivity contribution is -0.137. The molecule has 0 amide bonds. The van der Waals surface area contributed by atoms with Crippen LogP contribution in [0.15, 0.2) is 18.2 Å². The van der Waals surface area contributed by atoms with Gasteiger partial charge in [0.15, 0.2) is 0 Å². The van der Waals surface area contributed by atoms with Crippen LogP contribution in [0.3, 0.4) is 0 Å². The van der Waals surface area contributed by atoms with E-state index in [0.29, 0.717) is 19.4 Å². The summed E-state index contributed by atoms with van der Waals surface area (Å²) in [6.45, 7) is 7.81. The Morgan fingerprint density at radius 2 is 2.09 bits per heavy atom. The molecule has 2 rings (SSSR count). The van der Waals surface area contributed by atoms with Gasteiger partial charge in [0.25, 0.3) is 0 Å². The highest BCUT2D eigenvalue weighted by Gasteiger charge is 2.26. The van der Waals surface area contributed by atoms with Gasteiger partial charge in [0.2, 0.25) is 0 Å². The average molecular weight is 318 g/mol. The molecule has 0 aliphatic carbocycles. The second kappa shape index (κ2) is 7.45. The van der Waals surface area contributed by atoms with Crippen LogP contribution in [-0.2, 0) is 22.6 Å². The number of carboxylic acid groups (broad SMARTS) is 1. The second-order valence-corrected chi connectivity index (χ2v) is 7.61. The summed E-state index contributed by atoms with van der Waals surface area (Å²) in [5.74, 6) is -0.542. The Balaban J connectivity index is 2.08. The van der Waals surface area contributed by atoms with Gasteiger partial charge in [0.05, 0.1) is 13.2 Å². The Hall–Kier alpha value is -1.39. The normalized spacial score (nSPS) is 17.4. The maximum atomic E-state index is 10.9. The summed E-state index contributed by atoms with van der Waals surface area (Å²) in [6, 6.07) is 5.96. The minimum absolute atomic E-state index is 0.00602. The summed E-state index contributed by atoms with van der Waals surface area (Å²) in [5, 5.41) is 8.95. The van der Waals surface area contributed by atoms with Gasteiger partial charge < -0.3 is 15.6 Å². The van der Waals surface area contributed by atoms with E-state index in [-0.39, 0.29) is 23.8 Å². The van der Waals surface area contributed by atoms with Gasteiger partial charge in [0, 0.05) is 6.42 Å². The summed E-state index contributed by atoms with van der Waals surface area (Å²) in [5.41, 5.74) is 12.1. The lowest BCUT2D eigenvalue weighted by Crippen LogP contribution is -2.23. The molecule has 0 bridgehead atoms. The van der Waals surface area contributed by atoms with E-state index in [1.807, 2.05) is 0 Å². The van der Waals surface area contributed by atoms with Gasteiger partial charge in [-0.3, -0.25) is 4.79 Å². The number of fused-ring (bicyclic) bond motifs is 1. The predicted octanol–water partition coefficient (Wildman–Crippen LogP) is 4.77. The standard InChI is InChI=1S/C19H28NO3/c1-19(2,3)16(6-7-18(21)22)11-17(20)14-5-4-13-8-9-23-12-15(13)10-14/h4-5,10,16-17,20H,6-9,11-12H2,1-3H3,(H,21,22)/q-1/t16?,17-/m1/s1. The summed E-state index contributed by atoms with van der Waals surface area (Å²) >= 11 is 0. The van der Waals surface area contributed by atoms with Crippen molar-refractivity contribution >= 4 is 5.97 Å². The van der Waals surface area contributed by atoms with Crippen LogP contribution < -0.4 is 0 Å². The van der Waals surface area contributed by atoms with Gasteiger partial charge in [-0.05, 0) is 35.3 Å². The van der Waals surface area contributed by atoms with Crippen molar-refractivity contribution in [3.63, 3.8) is 0 Å². The molecule has 4 heteroatoms. The van der Waals surface area contributed by atoms with Gasteiger partial charge in [-0.25, -0.2) is 0 Å². The van der Waals surface area contributed by atoms with E-state index in [1.54, 1.807) is 0 Å². The van der Waals surface area contributed by atoms with E-state index in [2.05, 4.69) is 39.0 Å². The molecule has 0 radical (unpaired) electrons. The van der Waals surface area contributed by atoms with E-state index in [9.17, 15) is 4.79 Å². The molecule has 0 aromatic heterocycles. The van der Waals surface area contributed by atoms with Crippen molar-refractivity contribution in [2.24, 2.45) is 11.3 Å². The fraction of sp³-hybridized carbons (Fsp3) is 0.632. The minimum atomic E-state index is -0.758. The molecular weight excluding hydrogens is 290 g/mol. The van der Waals surface area contributed by atoms with Crippen LogP contribution in [0.2, 0.25) is 0 Å². The maximum Gasteiger partial charge on any atom is 0.303 e. The van der Waals surface area contributed by atoms with E-state index in [0.717, 1.165) is 18.6 Å². The molecule has 0 fully saturated rings. The highest BCUT2D eigenvalue weighted by atomic mass is 16.5. The molecule has 0 spiro atoms. The molecule has 23 heavy (non-hydrogen) atoms. The van der Waals surface area contributed by atoms with Crippen LogP contribution in [0.4, 0.5) is 0 Å². The van der Waals surface area contributed by atoms with Gasteiger partial charge in [-0.2, -0.15) is 0 Å². The molecule has 4 nitrogen and oxygen atoms in total. The molecule has 2 N–H and O–H groups in total. The predicted molar refractivity (Wildman–Crippen MR) is 91.3 cm³/mol. The van der Waals surface area contributed by atoms with Crippen LogP contribution >= 0.6 is 0 Å². The number of aliphatic carboxylic acids is 1.